The van der Waals surface area contributed by atoms with Crippen LogP contribution in [0.5, 0.6) is 0 Å². The van der Waals surface area contributed by atoms with Gasteiger partial charge in [0.05, 0.1) is 16.2 Å². The monoisotopic (exact) mass is 508 g/mol. The van der Waals surface area contributed by atoms with Crippen molar-refractivity contribution in [3.63, 3.8) is 0 Å². The first-order valence-electron chi connectivity index (χ1n) is 9.58. The Labute approximate surface area is 188 Å². The number of benzene rings is 1. The van der Waals surface area contributed by atoms with Crippen LogP contribution in [0.1, 0.15) is 35.0 Å². The van der Waals surface area contributed by atoms with Gasteiger partial charge in [-0.2, -0.15) is 13.2 Å². The van der Waals surface area contributed by atoms with E-state index in [4.69, 9.17) is 4.99 Å². The molecule has 10 heteroatoms. The number of rotatable bonds is 3. The molecule has 2 aromatic heterocycles. The molecule has 3 heterocycles. The van der Waals surface area contributed by atoms with E-state index in [1.165, 1.54) is 24.3 Å². The van der Waals surface area contributed by atoms with Crippen molar-refractivity contribution in [3.05, 3.63) is 97.4 Å². The lowest BCUT2D eigenvalue weighted by atomic mass is 9.79. The summed E-state index contributed by atoms with van der Waals surface area (Å²) in [5, 5.41) is 3.20. The Morgan fingerprint density at radius 3 is 2.41 bits per heavy atom. The summed E-state index contributed by atoms with van der Waals surface area (Å²) in [6.45, 7) is 3.47. The molecule has 166 valence electrons. The third kappa shape index (κ3) is 3.72. The maximum atomic E-state index is 13.9. The first kappa shape index (κ1) is 22.2. The van der Waals surface area contributed by atoms with E-state index in [0.717, 1.165) is 12.3 Å². The summed E-state index contributed by atoms with van der Waals surface area (Å²) in [5.41, 5.74) is -0.647. The van der Waals surface area contributed by atoms with Gasteiger partial charge in [0.25, 0.3) is 5.56 Å². The number of aromatic nitrogens is 2. The quantitative estimate of drug-likeness (QED) is 0.504. The Kier molecular flexibility index (Phi) is 5.44. The molecule has 3 aromatic rings. The Hall–Kier alpha value is -3.01. The molecule has 0 radical (unpaired) electrons. The normalized spacial score (nSPS) is 20.7. The number of aliphatic imine (C=N–C) groups is 1. The fraction of sp³-hybridized carbons (Fsp3) is 0.227. The molecule has 0 spiro atoms. The van der Waals surface area contributed by atoms with Gasteiger partial charge in [-0.15, -0.1) is 0 Å². The molecule has 0 unspecified atom stereocenters. The summed E-state index contributed by atoms with van der Waals surface area (Å²) >= 11 is 3.17. The molecule has 4 rings (SSSR count). The van der Waals surface area contributed by atoms with Crippen LogP contribution < -0.4 is 10.9 Å². The van der Waals surface area contributed by atoms with E-state index >= 15 is 0 Å². The third-order valence-corrected chi connectivity index (χ3v) is 6.09. The minimum atomic E-state index is -4.58. The van der Waals surface area contributed by atoms with Crippen LogP contribution in [0.4, 0.5) is 17.6 Å². The fourth-order valence-electron chi connectivity index (χ4n) is 3.75. The van der Waals surface area contributed by atoms with Crippen LogP contribution in [0.3, 0.4) is 0 Å². The molecule has 0 fully saturated rings. The SMILES string of the molecule is Cc1ccc(C2=N[C@](c3ccc(C(F)(F)F)nc3)(c3ccc(F)c(Br)c3)[C@H](C)N2)[nH]c1=O. The van der Waals surface area contributed by atoms with Crippen LogP contribution in [0.25, 0.3) is 0 Å². The minimum Gasteiger partial charge on any atom is -0.363 e. The number of hydrogen-bond donors (Lipinski definition) is 2. The van der Waals surface area contributed by atoms with Gasteiger partial charge in [0.1, 0.15) is 22.9 Å². The number of nitrogens with one attached hydrogen (secondary N) is 2. The lowest BCUT2D eigenvalue weighted by Gasteiger charge is -2.32. The number of amidine groups is 1. The Morgan fingerprint density at radius 2 is 1.81 bits per heavy atom. The van der Waals surface area contributed by atoms with Crippen molar-refractivity contribution in [2.45, 2.75) is 31.6 Å². The second kappa shape index (κ2) is 7.84. The summed E-state index contributed by atoms with van der Waals surface area (Å²) in [6, 6.07) is 9.41. The molecule has 32 heavy (non-hydrogen) atoms. The van der Waals surface area contributed by atoms with E-state index in [9.17, 15) is 22.4 Å². The van der Waals surface area contributed by atoms with Crippen LogP contribution in [0.15, 0.2) is 62.9 Å². The van der Waals surface area contributed by atoms with Crippen molar-refractivity contribution < 1.29 is 17.6 Å². The van der Waals surface area contributed by atoms with Crippen LogP contribution in [-0.4, -0.2) is 21.8 Å². The largest absolute Gasteiger partial charge is 0.433 e. The molecule has 0 bridgehead atoms. The molecule has 2 atom stereocenters. The Morgan fingerprint density at radius 1 is 1.09 bits per heavy atom. The third-order valence-electron chi connectivity index (χ3n) is 5.48. The molecule has 2 N–H and O–H groups in total. The number of hydrogen-bond acceptors (Lipinski definition) is 4. The number of pyridine rings is 2. The molecular formula is C22H17BrF4N4O. The van der Waals surface area contributed by atoms with Gasteiger partial charge in [0.15, 0.2) is 0 Å². The molecule has 5 nitrogen and oxygen atoms in total. The second-order valence-corrected chi connectivity index (χ2v) is 8.39. The number of alkyl halides is 3. The zero-order valence-electron chi connectivity index (χ0n) is 16.9. The van der Waals surface area contributed by atoms with Crippen LogP contribution in [-0.2, 0) is 11.7 Å². The molecule has 1 aliphatic heterocycles. The lowest BCUT2D eigenvalue weighted by molar-refractivity contribution is -0.141. The van der Waals surface area contributed by atoms with E-state index in [2.05, 4.69) is 31.2 Å². The zero-order chi connectivity index (χ0) is 23.3. The van der Waals surface area contributed by atoms with Crippen molar-refractivity contribution >= 4 is 21.8 Å². The zero-order valence-corrected chi connectivity index (χ0v) is 18.5. The smallest absolute Gasteiger partial charge is 0.363 e. The Balaban J connectivity index is 1.93. The van der Waals surface area contributed by atoms with Gasteiger partial charge < -0.3 is 10.3 Å². The van der Waals surface area contributed by atoms with Gasteiger partial charge in [0, 0.05) is 17.3 Å². The Bertz CT molecular complexity index is 1270. The van der Waals surface area contributed by atoms with Gasteiger partial charge in [-0.1, -0.05) is 18.2 Å². The van der Waals surface area contributed by atoms with Gasteiger partial charge in [-0.3, -0.25) is 9.78 Å². The van der Waals surface area contributed by atoms with E-state index in [-0.39, 0.29) is 10.0 Å². The maximum Gasteiger partial charge on any atom is 0.433 e. The number of aryl methyl sites for hydroxylation is 1. The van der Waals surface area contributed by atoms with Crippen molar-refractivity contribution in [2.75, 3.05) is 0 Å². The summed E-state index contributed by atoms with van der Waals surface area (Å²) in [6.07, 6.45) is -3.46. The van der Waals surface area contributed by atoms with E-state index in [1.54, 1.807) is 26.0 Å². The highest BCUT2D eigenvalue weighted by molar-refractivity contribution is 9.10. The number of nitrogens with zero attached hydrogens (tertiary/aromatic N) is 2. The minimum absolute atomic E-state index is 0.189. The van der Waals surface area contributed by atoms with Crippen LogP contribution in [0.2, 0.25) is 0 Å². The molecule has 0 amide bonds. The first-order chi connectivity index (χ1) is 15.0. The highest BCUT2D eigenvalue weighted by atomic mass is 79.9. The summed E-state index contributed by atoms with van der Waals surface area (Å²) in [5.74, 6) is -0.130. The van der Waals surface area contributed by atoms with Crippen molar-refractivity contribution in [1.82, 2.24) is 15.3 Å². The number of H-pyrrole nitrogens is 1. The number of halogens is 5. The first-order valence-corrected chi connectivity index (χ1v) is 10.4. The summed E-state index contributed by atoms with van der Waals surface area (Å²) in [4.78, 5) is 23.2. The maximum absolute atomic E-state index is 13.9. The molecule has 0 saturated heterocycles. The standard InChI is InChI=1S/C22H17BrF4N4O/c1-11-3-7-17(30-20(11)32)19-29-12(2)21(31-19,13-4-6-16(24)15(23)9-13)14-5-8-18(28-10-14)22(25,26)27/h3-10,12H,1-2H3,(H,29,31)(H,30,32)/t12-,21-/m0/s1. The van der Waals surface area contributed by atoms with E-state index < -0.39 is 29.3 Å². The molecule has 1 aliphatic rings. The highest BCUT2D eigenvalue weighted by Crippen LogP contribution is 2.42. The molecular weight excluding hydrogens is 492 g/mol. The van der Waals surface area contributed by atoms with E-state index in [1.807, 2.05) is 0 Å². The van der Waals surface area contributed by atoms with Gasteiger partial charge in [0.2, 0.25) is 0 Å². The molecule has 0 aliphatic carbocycles. The van der Waals surface area contributed by atoms with Gasteiger partial charge >= 0.3 is 6.18 Å². The van der Waals surface area contributed by atoms with E-state index in [0.29, 0.717) is 28.2 Å². The van der Waals surface area contributed by atoms with Gasteiger partial charge in [-0.25, -0.2) is 9.38 Å². The van der Waals surface area contributed by atoms with Crippen molar-refractivity contribution in [1.29, 1.82) is 0 Å². The predicted molar refractivity (Wildman–Crippen MR) is 115 cm³/mol. The highest BCUT2D eigenvalue weighted by Gasteiger charge is 2.46. The average molecular weight is 509 g/mol. The molecule has 0 saturated carbocycles. The predicted octanol–water partition coefficient (Wildman–Crippen LogP) is 4.68. The summed E-state index contributed by atoms with van der Waals surface area (Å²) < 4.78 is 53.3. The topological polar surface area (TPSA) is 70.1 Å². The van der Waals surface area contributed by atoms with Crippen LogP contribution >= 0.6 is 15.9 Å². The lowest BCUT2D eigenvalue weighted by Crippen LogP contribution is -2.41. The average Bonchev–Trinajstić information content (AvgIpc) is 3.09. The van der Waals surface area contributed by atoms with Crippen molar-refractivity contribution in [2.24, 2.45) is 4.99 Å². The second-order valence-electron chi connectivity index (χ2n) is 7.54. The van der Waals surface area contributed by atoms with Gasteiger partial charge in [-0.05, 0) is 59.6 Å². The molecule has 1 aromatic carbocycles. The fourth-order valence-corrected chi connectivity index (χ4v) is 4.13. The summed E-state index contributed by atoms with van der Waals surface area (Å²) in [7, 11) is 0. The van der Waals surface area contributed by atoms with Crippen LogP contribution in [0, 0.1) is 12.7 Å². The van der Waals surface area contributed by atoms with Crippen molar-refractivity contribution in [3.8, 4) is 0 Å². The number of aromatic amines is 1.